The van der Waals surface area contributed by atoms with Gasteiger partial charge in [-0.1, -0.05) is 0 Å². The van der Waals surface area contributed by atoms with Crippen molar-refractivity contribution in [2.45, 2.75) is 0 Å². The Kier molecular flexibility index (Phi) is 89.2. The summed E-state index contributed by atoms with van der Waals surface area (Å²) in [6.07, 6.45) is 0. The Morgan fingerprint density at radius 1 is 0.842 bits per heavy atom. The second-order valence-corrected chi connectivity index (χ2v) is 5.16. The van der Waals surface area contributed by atoms with Crippen molar-refractivity contribution in [2.75, 3.05) is 0 Å². The maximum absolute atomic E-state index is 8.61. The summed E-state index contributed by atoms with van der Waals surface area (Å²) in [6, 6.07) is 0. The van der Waals surface area contributed by atoms with E-state index in [9.17, 15) is 0 Å². The van der Waals surface area contributed by atoms with E-state index in [1.165, 1.54) is 0 Å². The third-order valence-electron chi connectivity index (χ3n) is 0. The van der Waals surface area contributed by atoms with Gasteiger partial charge in [-0.15, -0.1) is 0 Å². The summed E-state index contributed by atoms with van der Waals surface area (Å²) in [7, 11) is 0. The molecule has 0 saturated heterocycles. The average Bonchev–Trinajstić information content (AvgIpc) is 1.76. The zero-order valence-corrected chi connectivity index (χ0v) is 29.1. The monoisotopic (exact) mass is 1070 g/mol. The first-order chi connectivity index (χ1) is 6.93. The minimum Gasteiger partial charge on any atom is 2.00 e. The first kappa shape index (κ1) is 44.0. The molecule has 0 saturated carbocycles. The molecule has 0 fully saturated rings. The summed E-state index contributed by atoms with van der Waals surface area (Å²) < 4.78 is 103. The molecule has 0 aromatic carbocycles. The molecule has 0 aliphatic rings. The topological polar surface area (TPSA) is 241 Å². The fourth-order valence-corrected chi connectivity index (χ4v) is 0. The van der Waals surface area contributed by atoms with E-state index < -0.39 is 78.8 Å². The molecule has 0 heterocycles. The van der Waals surface area contributed by atoms with E-state index in [0.717, 1.165) is 0 Å². The summed E-state index contributed by atoms with van der Waals surface area (Å²) >= 11 is -16.8. The van der Waals surface area contributed by atoms with Gasteiger partial charge in [-0.2, -0.15) is 0 Å². The van der Waals surface area contributed by atoms with Gasteiger partial charge in [0.05, 0.1) is 0 Å². The van der Waals surface area contributed by atoms with Crippen LogP contribution in [-0.4, -0.2) is 103 Å². The molecule has 19 heavy (non-hydrogen) atoms. The van der Waals surface area contributed by atoms with Gasteiger partial charge in [-0.05, 0) is 0 Å². The van der Waals surface area contributed by atoms with Crippen LogP contribution < -0.4 is 21.0 Å². The normalized spacial score (nSPS) is 5.37. The van der Waals surface area contributed by atoms with Gasteiger partial charge in [0.1, 0.15) is 0 Å². The van der Waals surface area contributed by atoms with Gasteiger partial charge in [0, 0.05) is 0 Å². The molecule has 0 atom stereocenters. The third-order valence-corrected chi connectivity index (χ3v) is 0. The van der Waals surface area contributed by atoms with Crippen molar-refractivity contribution < 1.29 is 119 Å². The Bertz CT molecular complexity index is 270. The van der Waals surface area contributed by atoms with Gasteiger partial charge in [-0.25, -0.2) is 0 Å². The number of rotatable bonds is 0. The largest absolute Gasteiger partial charge is 2.00 e. The van der Waals surface area contributed by atoms with Gasteiger partial charge in [0.25, 0.3) is 0 Å². The van der Waals surface area contributed by atoms with Crippen LogP contribution in [0.25, 0.3) is 0 Å². The van der Waals surface area contributed by atoms with Crippen LogP contribution in [0.15, 0.2) is 0 Å². The van der Waals surface area contributed by atoms with Crippen LogP contribution >= 0.6 is 0 Å². The molecule has 0 bridgehead atoms. The quantitative estimate of drug-likeness (QED) is 0.206. The molecule has 0 N–H and O–H groups in total. The van der Waals surface area contributed by atoms with Crippen molar-refractivity contribution in [2.24, 2.45) is 0 Å². The van der Waals surface area contributed by atoms with Crippen LogP contribution in [0.3, 0.4) is 0 Å². The number of hydrogen-bond acceptors (Lipinski definition) is 12. The standard InChI is InChI=1S/Ba.2Nb.12O.2Pb.Ti.Zr/q+2;;;;;;;;;6*-1;2*+2;;. The smallest absolute Gasteiger partial charge is 2.00 e. The molecule has 4 radical (unpaired) electrons. The summed E-state index contributed by atoms with van der Waals surface area (Å²) in [6.45, 7) is 0. The zero-order chi connectivity index (χ0) is 14.3. The van der Waals surface area contributed by atoms with Crippen LogP contribution in [0, 0.1) is 0 Å². The Balaban J connectivity index is -0.0000000192. The van der Waals surface area contributed by atoms with E-state index >= 15 is 0 Å². The third kappa shape index (κ3) is 400. The van der Waals surface area contributed by atoms with Crippen LogP contribution in [0.5, 0.6) is 0 Å². The summed E-state index contributed by atoms with van der Waals surface area (Å²) in [5.74, 6) is 0. The summed E-state index contributed by atoms with van der Waals surface area (Å²) in [5.41, 5.74) is 0. The minimum absolute atomic E-state index is 0. The van der Waals surface area contributed by atoms with E-state index in [0.29, 0.717) is 0 Å². The van der Waals surface area contributed by atoms with Gasteiger partial charge in [0.2, 0.25) is 0 Å². The number of hydrogen-bond donors (Lipinski definition) is 0. The summed E-state index contributed by atoms with van der Waals surface area (Å²) in [4.78, 5) is 0. The van der Waals surface area contributed by atoms with E-state index in [2.05, 4.69) is 0 Å². The first-order valence-corrected chi connectivity index (χ1v) is 12.6. The predicted octanol–water partition coefficient (Wildman–Crippen LogP) is -9.00. The van der Waals surface area contributed by atoms with Gasteiger partial charge in [0.15, 0.2) is 0 Å². The molecule has 100 valence electrons. The van der Waals surface area contributed by atoms with Crippen LogP contribution in [-0.2, 0) is 98.0 Å². The van der Waals surface area contributed by atoms with Crippen LogP contribution in [0.2, 0.25) is 0 Å². The predicted molar refractivity (Wildman–Crippen MR) is 21.4 cm³/mol. The molecule has 0 rings (SSSR count). The molecule has 0 aromatic rings. The van der Waals surface area contributed by atoms with Crippen molar-refractivity contribution in [1.82, 2.24) is 0 Å². The molecule has 12 nitrogen and oxygen atoms in total. The second-order valence-electron chi connectivity index (χ2n) is 0.947. The fourth-order valence-electron chi connectivity index (χ4n) is 0. The maximum Gasteiger partial charge on any atom is 2.00 e. The van der Waals surface area contributed by atoms with Crippen molar-refractivity contribution in [3.05, 3.63) is 0 Å². The molecule has 0 amide bonds. The van der Waals surface area contributed by atoms with E-state index in [4.69, 9.17) is 40.1 Å². The van der Waals surface area contributed by atoms with Crippen molar-refractivity contribution >= 4 is 103 Å². The molecule has 0 aliphatic carbocycles. The van der Waals surface area contributed by atoms with Crippen LogP contribution in [0.4, 0.5) is 0 Å². The van der Waals surface area contributed by atoms with Gasteiger partial charge >= 0.3 is 222 Å². The van der Waals surface area contributed by atoms with E-state index in [1.807, 2.05) is 0 Å². The molecule has 19 heteroatoms. The van der Waals surface area contributed by atoms with Crippen molar-refractivity contribution in [3.8, 4) is 0 Å². The van der Waals surface area contributed by atoms with Crippen molar-refractivity contribution in [1.29, 1.82) is 0 Å². The van der Waals surface area contributed by atoms with Crippen LogP contribution in [0.1, 0.15) is 0 Å². The Morgan fingerprint density at radius 2 is 0.842 bits per heavy atom. The Morgan fingerprint density at radius 3 is 0.842 bits per heavy atom. The summed E-state index contributed by atoms with van der Waals surface area (Å²) in [5, 5.41) is 0. The first-order valence-electron chi connectivity index (χ1n) is 2.32. The zero-order valence-electron chi connectivity index (χ0n) is 8.50. The van der Waals surface area contributed by atoms with Gasteiger partial charge < -0.3 is 0 Å². The van der Waals surface area contributed by atoms with Gasteiger partial charge in [-0.3, -0.25) is 0 Å². The Labute approximate surface area is 216 Å². The molecule has 0 unspecified atom stereocenters. The SMILES string of the molecule is [Ba+2].[O]=[Nb](=[O])[O-].[O]=[Nb](=[O])[O-].[O]=[Ti]([O-])[O-].[O]=[Zr]([O-])[O-].[Pb+2].[Pb+2]. The van der Waals surface area contributed by atoms with E-state index in [-0.39, 0.29) is 103 Å². The molecular weight excluding hydrogens is 1070 g/mol. The van der Waals surface area contributed by atoms with E-state index in [1.54, 1.807) is 0 Å². The molecule has 0 aromatic heterocycles. The average molecular weight is 1070 g/mol. The maximum atomic E-state index is 8.61. The molecule has 0 aliphatic heterocycles. The fraction of sp³-hybridized carbons (Fsp3) is 0. The second kappa shape index (κ2) is 38.6. The molecular formula is BaNb2O12Pb2TiZr. The molecule has 0 spiro atoms. The Hall–Kier alpha value is 5.05. The van der Waals surface area contributed by atoms with Crippen molar-refractivity contribution in [3.63, 3.8) is 0 Å². The minimum atomic E-state index is -4.29.